The molecule has 0 saturated heterocycles. The van der Waals surface area contributed by atoms with E-state index in [2.05, 4.69) is 20.4 Å². The predicted molar refractivity (Wildman–Crippen MR) is 96.0 cm³/mol. The zero-order valence-corrected chi connectivity index (χ0v) is 15.3. The van der Waals surface area contributed by atoms with Gasteiger partial charge in [0, 0.05) is 5.57 Å². The highest BCUT2D eigenvalue weighted by atomic mass is 16.5. The summed E-state index contributed by atoms with van der Waals surface area (Å²) in [7, 11) is 0. The normalized spacial score (nSPS) is 12.1. The van der Waals surface area contributed by atoms with Gasteiger partial charge in [-0.25, -0.2) is 4.79 Å². The first-order valence-corrected chi connectivity index (χ1v) is 9.44. The molecular weight excluding hydrogens is 272 g/mol. The van der Waals surface area contributed by atoms with Crippen LogP contribution in [0.15, 0.2) is 12.2 Å². The van der Waals surface area contributed by atoms with Crippen LogP contribution in [0.2, 0.25) is 0 Å². The summed E-state index contributed by atoms with van der Waals surface area (Å²) >= 11 is 0. The molecule has 1 atom stereocenters. The largest absolute Gasteiger partial charge is 0.462 e. The summed E-state index contributed by atoms with van der Waals surface area (Å²) in [5.41, 5.74) is 0.504. The molecule has 2 nitrogen and oxygen atoms in total. The van der Waals surface area contributed by atoms with E-state index >= 15 is 0 Å². The molecule has 130 valence electrons. The van der Waals surface area contributed by atoms with E-state index in [9.17, 15) is 4.79 Å². The molecule has 0 heterocycles. The molecule has 0 aliphatic rings. The molecule has 0 fully saturated rings. The van der Waals surface area contributed by atoms with Gasteiger partial charge in [-0.1, -0.05) is 84.6 Å². The summed E-state index contributed by atoms with van der Waals surface area (Å²) in [4.78, 5) is 11.6. The number of carbonyl (C=O) groups is 1. The van der Waals surface area contributed by atoms with Crippen molar-refractivity contribution in [3.05, 3.63) is 12.2 Å². The molecule has 0 aliphatic carbocycles. The molecule has 0 aromatic heterocycles. The molecule has 22 heavy (non-hydrogen) atoms. The van der Waals surface area contributed by atoms with Crippen molar-refractivity contribution in [3.8, 4) is 0 Å². The van der Waals surface area contributed by atoms with E-state index in [1.165, 1.54) is 77.0 Å². The molecule has 0 aromatic carbocycles. The van der Waals surface area contributed by atoms with E-state index < -0.39 is 0 Å². The van der Waals surface area contributed by atoms with Gasteiger partial charge in [0.1, 0.15) is 0 Å². The molecule has 2 heteroatoms. The summed E-state index contributed by atoms with van der Waals surface area (Å²) in [5.74, 6) is 0.299. The van der Waals surface area contributed by atoms with Gasteiger partial charge in [-0.3, -0.25) is 0 Å². The first-order chi connectivity index (χ1) is 10.6. The summed E-state index contributed by atoms with van der Waals surface area (Å²) in [6.07, 6.45) is 15.5. The number of esters is 1. The highest BCUT2D eigenvalue weighted by molar-refractivity contribution is 5.86. The van der Waals surface area contributed by atoms with Crippen LogP contribution in [-0.2, 0) is 9.53 Å². The van der Waals surface area contributed by atoms with Gasteiger partial charge in [-0.05, 0) is 25.7 Å². The van der Waals surface area contributed by atoms with Crippen molar-refractivity contribution in [1.82, 2.24) is 0 Å². The molecule has 0 amide bonds. The SMILES string of the molecule is C=C(C)C(=O)OCC(CCCCCC)CCCCCCCC. The number of ether oxygens (including phenoxy) is 1. The summed E-state index contributed by atoms with van der Waals surface area (Å²) < 4.78 is 5.38. The van der Waals surface area contributed by atoms with Crippen LogP contribution in [0.5, 0.6) is 0 Å². The van der Waals surface area contributed by atoms with Gasteiger partial charge < -0.3 is 4.74 Å². The smallest absolute Gasteiger partial charge is 0.333 e. The Balaban J connectivity index is 3.94. The minimum atomic E-state index is -0.235. The average Bonchev–Trinajstić information content (AvgIpc) is 2.51. The first kappa shape index (κ1) is 21.2. The molecular formula is C20H38O2. The van der Waals surface area contributed by atoms with Crippen molar-refractivity contribution in [1.29, 1.82) is 0 Å². The standard InChI is InChI=1S/C20H38O2/c1-5-7-9-11-12-14-16-19(15-13-10-8-6-2)17-22-20(21)18(3)4/h19H,3,5-17H2,1-2,4H3. The fourth-order valence-electron chi connectivity index (χ4n) is 2.70. The van der Waals surface area contributed by atoms with E-state index in [1.807, 2.05) is 0 Å². The maximum Gasteiger partial charge on any atom is 0.333 e. The van der Waals surface area contributed by atoms with Crippen molar-refractivity contribution in [2.24, 2.45) is 5.92 Å². The first-order valence-electron chi connectivity index (χ1n) is 9.44. The summed E-state index contributed by atoms with van der Waals surface area (Å²) in [6, 6.07) is 0. The average molecular weight is 311 g/mol. The van der Waals surface area contributed by atoms with Gasteiger partial charge in [0.05, 0.1) is 6.61 Å². The number of hydrogen-bond acceptors (Lipinski definition) is 2. The number of hydrogen-bond donors (Lipinski definition) is 0. The van der Waals surface area contributed by atoms with Gasteiger partial charge in [0.15, 0.2) is 0 Å². The number of rotatable bonds is 15. The highest BCUT2D eigenvalue weighted by Gasteiger charge is 2.12. The van der Waals surface area contributed by atoms with Gasteiger partial charge in [-0.15, -0.1) is 0 Å². The van der Waals surface area contributed by atoms with Gasteiger partial charge in [0.2, 0.25) is 0 Å². The van der Waals surface area contributed by atoms with Crippen molar-refractivity contribution < 1.29 is 9.53 Å². The van der Waals surface area contributed by atoms with Crippen LogP contribution in [0.25, 0.3) is 0 Å². The Morgan fingerprint density at radius 3 is 1.82 bits per heavy atom. The second-order valence-corrected chi connectivity index (χ2v) is 6.65. The Morgan fingerprint density at radius 2 is 1.32 bits per heavy atom. The van der Waals surface area contributed by atoms with Crippen LogP contribution in [0.1, 0.15) is 97.8 Å². The lowest BCUT2D eigenvalue weighted by molar-refractivity contribution is -0.140. The minimum Gasteiger partial charge on any atom is -0.462 e. The number of unbranched alkanes of at least 4 members (excludes halogenated alkanes) is 8. The van der Waals surface area contributed by atoms with E-state index in [4.69, 9.17) is 4.74 Å². The molecule has 0 rings (SSSR count). The van der Waals surface area contributed by atoms with Crippen LogP contribution >= 0.6 is 0 Å². The molecule has 0 N–H and O–H groups in total. The molecule has 0 aliphatic heterocycles. The van der Waals surface area contributed by atoms with Gasteiger partial charge in [0.25, 0.3) is 0 Å². The van der Waals surface area contributed by atoms with E-state index in [0.717, 1.165) is 0 Å². The van der Waals surface area contributed by atoms with Crippen LogP contribution in [0.3, 0.4) is 0 Å². The van der Waals surface area contributed by atoms with E-state index in [1.54, 1.807) is 6.92 Å². The fourth-order valence-corrected chi connectivity index (χ4v) is 2.70. The molecule has 1 unspecified atom stereocenters. The fraction of sp³-hybridized carbons (Fsp3) is 0.850. The number of carbonyl (C=O) groups excluding carboxylic acids is 1. The quantitative estimate of drug-likeness (QED) is 0.197. The van der Waals surface area contributed by atoms with Crippen molar-refractivity contribution in [2.75, 3.05) is 6.61 Å². The third-order valence-corrected chi connectivity index (χ3v) is 4.23. The molecule has 0 spiro atoms. The van der Waals surface area contributed by atoms with Crippen LogP contribution in [0.4, 0.5) is 0 Å². The Hall–Kier alpha value is -0.790. The van der Waals surface area contributed by atoms with Crippen LogP contribution in [0, 0.1) is 5.92 Å². The Kier molecular flexibility index (Phi) is 14.6. The Bertz CT molecular complexity index is 283. The minimum absolute atomic E-state index is 0.235. The third kappa shape index (κ3) is 12.9. The van der Waals surface area contributed by atoms with Crippen molar-refractivity contribution >= 4 is 5.97 Å². The second-order valence-electron chi connectivity index (χ2n) is 6.65. The molecule has 0 saturated carbocycles. The zero-order valence-electron chi connectivity index (χ0n) is 15.3. The predicted octanol–water partition coefficient (Wildman–Crippen LogP) is 6.44. The highest BCUT2D eigenvalue weighted by Crippen LogP contribution is 2.19. The summed E-state index contributed by atoms with van der Waals surface area (Å²) in [5, 5.41) is 0. The maximum absolute atomic E-state index is 11.6. The van der Waals surface area contributed by atoms with Gasteiger partial charge >= 0.3 is 5.97 Å². The lowest BCUT2D eigenvalue weighted by Crippen LogP contribution is -2.15. The second kappa shape index (κ2) is 15.1. The Labute approximate surface area is 138 Å². The lowest BCUT2D eigenvalue weighted by Gasteiger charge is -2.17. The maximum atomic E-state index is 11.6. The molecule has 0 bridgehead atoms. The monoisotopic (exact) mass is 310 g/mol. The van der Waals surface area contributed by atoms with Crippen molar-refractivity contribution in [2.45, 2.75) is 97.8 Å². The topological polar surface area (TPSA) is 26.3 Å². The molecule has 0 aromatic rings. The summed E-state index contributed by atoms with van der Waals surface area (Å²) in [6.45, 7) is 10.4. The van der Waals surface area contributed by atoms with Crippen molar-refractivity contribution in [3.63, 3.8) is 0 Å². The van der Waals surface area contributed by atoms with E-state index in [-0.39, 0.29) is 5.97 Å². The van der Waals surface area contributed by atoms with Crippen LogP contribution in [-0.4, -0.2) is 12.6 Å². The zero-order chi connectivity index (χ0) is 16.6. The Morgan fingerprint density at radius 1 is 0.864 bits per heavy atom. The van der Waals surface area contributed by atoms with Gasteiger partial charge in [-0.2, -0.15) is 0 Å². The third-order valence-electron chi connectivity index (χ3n) is 4.23. The molecule has 0 radical (unpaired) electrons. The lowest BCUT2D eigenvalue weighted by atomic mass is 9.95. The van der Waals surface area contributed by atoms with E-state index in [0.29, 0.717) is 18.1 Å². The van der Waals surface area contributed by atoms with Crippen LogP contribution < -0.4 is 0 Å².